The molecule has 1 rings (SSSR count). The minimum absolute atomic E-state index is 0.178. The minimum atomic E-state index is -0.447. The number of carbonyl (C=O) groups excluding carboxylic acids is 1. The van der Waals surface area contributed by atoms with Gasteiger partial charge in [-0.25, -0.2) is 4.79 Å². The summed E-state index contributed by atoms with van der Waals surface area (Å²) in [7, 11) is 0. The Labute approximate surface area is 127 Å². The zero-order valence-corrected chi connectivity index (χ0v) is 13.9. The van der Waals surface area contributed by atoms with Crippen LogP contribution < -0.4 is 0 Å². The van der Waals surface area contributed by atoms with E-state index in [1.165, 1.54) is 0 Å². The Balaban J connectivity index is 3.34. The average molecular weight is 290 g/mol. The molecule has 0 saturated heterocycles. The highest BCUT2D eigenvalue weighted by atomic mass is 16.5. The molecule has 0 bridgehead atoms. The van der Waals surface area contributed by atoms with Crippen molar-refractivity contribution in [1.82, 2.24) is 0 Å². The lowest BCUT2D eigenvalue weighted by molar-refractivity contribution is -0.138. The van der Waals surface area contributed by atoms with Crippen LogP contribution in [0, 0.1) is 0 Å². The molecule has 0 radical (unpaired) electrons. The van der Waals surface area contributed by atoms with E-state index in [0.717, 1.165) is 22.8 Å². The molecule has 0 aromatic heterocycles. The fraction of sp³-hybridized carbons (Fsp3) is 0.500. The lowest BCUT2D eigenvalue weighted by Gasteiger charge is -2.28. The first-order chi connectivity index (χ1) is 9.46. The van der Waals surface area contributed by atoms with Crippen molar-refractivity contribution < 1.29 is 14.6 Å². The largest absolute Gasteiger partial charge is 0.507 e. The molecule has 1 aromatic rings. The molecule has 0 aliphatic carbocycles. The molecule has 116 valence electrons. The first-order valence-electron chi connectivity index (χ1n) is 7.13. The van der Waals surface area contributed by atoms with Crippen LogP contribution in [0.15, 0.2) is 24.8 Å². The highest BCUT2D eigenvalue weighted by molar-refractivity contribution is 5.81. The van der Waals surface area contributed by atoms with Crippen LogP contribution in [0.25, 0.3) is 0 Å². The van der Waals surface area contributed by atoms with Gasteiger partial charge in [-0.15, -0.1) is 0 Å². The minimum Gasteiger partial charge on any atom is -0.507 e. The maximum Gasteiger partial charge on any atom is 0.330 e. The second-order valence-electron chi connectivity index (χ2n) is 7.35. The lowest BCUT2D eigenvalue weighted by Crippen LogP contribution is -2.18. The van der Waals surface area contributed by atoms with E-state index < -0.39 is 5.97 Å². The van der Waals surface area contributed by atoms with Crippen LogP contribution in [0.1, 0.15) is 58.2 Å². The van der Waals surface area contributed by atoms with Gasteiger partial charge in [0.15, 0.2) is 0 Å². The molecule has 0 spiro atoms. The molecular formula is C18H26O3. The predicted molar refractivity (Wildman–Crippen MR) is 85.5 cm³/mol. The molecule has 0 amide bonds. The summed E-state index contributed by atoms with van der Waals surface area (Å²) in [6, 6.07) is 3.81. The van der Waals surface area contributed by atoms with Gasteiger partial charge < -0.3 is 9.84 Å². The van der Waals surface area contributed by atoms with E-state index in [0.29, 0.717) is 5.75 Å². The van der Waals surface area contributed by atoms with Crippen molar-refractivity contribution in [3.8, 4) is 5.75 Å². The number of hydrogen-bond donors (Lipinski definition) is 1. The van der Waals surface area contributed by atoms with Gasteiger partial charge in [-0.05, 0) is 39.7 Å². The van der Waals surface area contributed by atoms with E-state index in [1.54, 1.807) is 0 Å². The third-order valence-corrected chi connectivity index (χ3v) is 3.33. The molecule has 0 aliphatic rings. The van der Waals surface area contributed by atoms with Crippen molar-refractivity contribution in [2.45, 2.75) is 59.0 Å². The number of phenolic OH excluding ortho intramolecular Hbond substituents is 1. The number of hydrogen-bond acceptors (Lipinski definition) is 3. The molecule has 1 aromatic carbocycles. The van der Waals surface area contributed by atoms with Crippen LogP contribution in [0.3, 0.4) is 0 Å². The number of ether oxygens (including phenoxy) is 1. The Hall–Kier alpha value is -1.77. The van der Waals surface area contributed by atoms with Crippen LogP contribution in [-0.4, -0.2) is 11.1 Å². The van der Waals surface area contributed by atoms with Gasteiger partial charge >= 0.3 is 5.97 Å². The second-order valence-corrected chi connectivity index (χ2v) is 7.35. The predicted octanol–water partition coefficient (Wildman–Crippen LogP) is 4.22. The third kappa shape index (κ3) is 4.35. The van der Waals surface area contributed by atoms with Crippen LogP contribution in [0.5, 0.6) is 5.75 Å². The number of phenols is 1. The molecule has 21 heavy (non-hydrogen) atoms. The summed E-state index contributed by atoms with van der Waals surface area (Å²) < 4.78 is 5.11. The first kappa shape index (κ1) is 17.3. The van der Waals surface area contributed by atoms with Crippen molar-refractivity contribution in [3.63, 3.8) is 0 Å². The Morgan fingerprint density at radius 3 is 1.90 bits per heavy atom. The molecular weight excluding hydrogens is 264 g/mol. The van der Waals surface area contributed by atoms with Gasteiger partial charge in [0, 0.05) is 6.08 Å². The van der Waals surface area contributed by atoms with Crippen LogP contribution in [0.4, 0.5) is 0 Å². The van der Waals surface area contributed by atoms with E-state index in [1.807, 2.05) is 53.7 Å². The fourth-order valence-corrected chi connectivity index (χ4v) is 2.13. The van der Waals surface area contributed by atoms with Crippen molar-refractivity contribution >= 4 is 5.97 Å². The molecule has 1 N–H and O–H groups in total. The highest BCUT2D eigenvalue weighted by Crippen LogP contribution is 2.39. The molecule has 0 fully saturated rings. The van der Waals surface area contributed by atoms with E-state index in [-0.39, 0.29) is 17.4 Å². The van der Waals surface area contributed by atoms with E-state index in [4.69, 9.17) is 4.74 Å². The number of carbonyl (C=O) groups is 1. The third-order valence-electron chi connectivity index (χ3n) is 3.33. The van der Waals surface area contributed by atoms with Crippen LogP contribution in [-0.2, 0) is 27.0 Å². The molecule has 0 aliphatic heterocycles. The number of rotatable bonds is 3. The molecule has 3 nitrogen and oxygen atoms in total. The van der Waals surface area contributed by atoms with Gasteiger partial charge in [-0.2, -0.15) is 0 Å². The van der Waals surface area contributed by atoms with Crippen molar-refractivity contribution in [3.05, 3.63) is 41.5 Å². The van der Waals surface area contributed by atoms with E-state index in [9.17, 15) is 9.90 Å². The Kier molecular flexibility index (Phi) is 4.87. The smallest absolute Gasteiger partial charge is 0.330 e. The van der Waals surface area contributed by atoms with Gasteiger partial charge in [0.1, 0.15) is 12.4 Å². The molecule has 0 saturated carbocycles. The maximum absolute atomic E-state index is 11.2. The van der Waals surface area contributed by atoms with Crippen LogP contribution >= 0.6 is 0 Å². The molecule has 0 unspecified atom stereocenters. The number of esters is 1. The zero-order chi connectivity index (χ0) is 16.4. The zero-order valence-electron chi connectivity index (χ0n) is 13.9. The van der Waals surface area contributed by atoms with Gasteiger partial charge in [-0.3, -0.25) is 0 Å². The monoisotopic (exact) mass is 290 g/mol. The molecule has 3 heteroatoms. The first-order valence-corrected chi connectivity index (χ1v) is 7.13. The summed E-state index contributed by atoms with van der Waals surface area (Å²) in [4.78, 5) is 11.2. The summed E-state index contributed by atoms with van der Waals surface area (Å²) in [5.41, 5.74) is 2.21. The Bertz CT molecular complexity index is 508. The van der Waals surface area contributed by atoms with E-state index >= 15 is 0 Å². The number of aromatic hydroxyl groups is 1. The fourth-order valence-electron chi connectivity index (χ4n) is 2.13. The summed E-state index contributed by atoms with van der Waals surface area (Å²) in [5.74, 6) is -0.119. The van der Waals surface area contributed by atoms with Crippen molar-refractivity contribution in [2.24, 2.45) is 0 Å². The highest BCUT2D eigenvalue weighted by Gasteiger charge is 2.26. The molecule has 0 atom stereocenters. The molecule has 0 heterocycles. The summed E-state index contributed by atoms with van der Waals surface area (Å²) in [6.07, 6.45) is 1.15. The van der Waals surface area contributed by atoms with E-state index in [2.05, 4.69) is 6.58 Å². The second kappa shape index (κ2) is 5.92. The van der Waals surface area contributed by atoms with Gasteiger partial charge in [-0.1, -0.05) is 48.1 Å². The van der Waals surface area contributed by atoms with Gasteiger partial charge in [0.25, 0.3) is 0 Å². The van der Waals surface area contributed by atoms with Crippen molar-refractivity contribution in [2.75, 3.05) is 0 Å². The SMILES string of the molecule is C=CC(=O)OCc1cc(C(C)(C)C)c(O)c(C(C)(C)C)c1. The lowest BCUT2D eigenvalue weighted by atomic mass is 9.78. The van der Waals surface area contributed by atoms with Gasteiger partial charge in [0.05, 0.1) is 0 Å². The summed E-state index contributed by atoms with van der Waals surface area (Å²) in [5, 5.41) is 10.6. The van der Waals surface area contributed by atoms with Crippen LogP contribution in [0.2, 0.25) is 0 Å². The summed E-state index contributed by atoms with van der Waals surface area (Å²) >= 11 is 0. The van der Waals surface area contributed by atoms with Crippen molar-refractivity contribution in [1.29, 1.82) is 0 Å². The Morgan fingerprint density at radius 2 is 1.57 bits per heavy atom. The van der Waals surface area contributed by atoms with Gasteiger partial charge in [0.2, 0.25) is 0 Å². The topological polar surface area (TPSA) is 46.5 Å². The number of benzene rings is 1. The summed E-state index contributed by atoms with van der Waals surface area (Å²) in [6.45, 7) is 15.9. The Morgan fingerprint density at radius 1 is 1.14 bits per heavy atom. The maximum atomic E-state index is 11.2. The standard InChI is InChI=1S/C18H26O3/c1-8-15(19)21-11-12-9-13(17(2,3)4)16(20)14(10-12)18(5,6)7/h8-10,20H,1,11H2,2-7H3. The quantitative estimate of drug-likeness (QED) is 0.670. The average Bonchev–Trinajstić information content (AvgIpc) is 2.34. The normalized spacial score (nSPS) is 12.1.